The lowest BCUT2D eigenvalue weighted by molar-refractivity contribution is -0.137. The number of nitrogens with one attached hydrogen (secondary N) is 1. The molecule has 1 aromatic heterocycles. The van der Waals surface area contributed by atoms with Crippen LogP contribution in [0.3, 0.4) is 0 Å². The zero-order chi connectivity index (χ0) is 25.3. The molecule has 5 rings (SSSR count). The second-order valence-electron chi connectivity index (χ2n) is 7.71. The summed E-state index contributed by atoms with van der Waals surface area (Å²) in [5, 5.41) is 7.09. The highest BCUT2D eigenvalue weighted by atomic mass is 19.4. The van der Waals surface area contributed by atoms with Gasteiger partial charge in [-0.1, -0.05) is 12.1 Å². The largest absolute Gasteiger partial charge is 0.463 e. The van der Waals surface area contributed by atoms with E-state index < -0.39 is 11.7 Å². The summed E-state index contributed by atoms with van der Waals surface area (Å²) in [5.41, 5.74) is 0.847. The molecule has 0 saturated heterocycles. The van der Waals surface area contributed by atoms with Crippen molar-refractivity contribution >= 4 is 11.6 Å². The maximum absolute atomic E-state index is 13.3. The monoisotopic (exact) mass is 496 g/mol. The van der Waals surface area contributed by atoms with Gasteiger partial charge in [-0.15, -0.1) is 5.10 Å². The standard InChI is InChI=1S/C25H19F3N4O4/c1-2-34-24-30-22(15-4-3-5-17(12-15)25(26,27)28)32(31-24)19-9-7-18(8-10-19)29-23(33)16-6-11-20-21(13-16)36-14-35-20/h3-13H,2,14H2,1H3,(H,29,33). The summed E-state index contributed by atoms with van der Waals surface area (Å²) >= 11 is 0. The fourth-order valence-corrected chi connectivity index (χ4v) is 3.61. The zero-order valence-corrected chi connectivity index (χ0v) is 18.9. The van der Waals surface area contributed by atoms with Crippen molar-refractivity contribution in [3.05, 3.63) is 77.9 Å². The Kier molecular flexibility index (Phi) is 5.96. The van der Waals surface area contributed by atoms with Gasteiger partial charge in [0.1, 0.15) is 0 Å². The van der Waals surface area contributed by atoms with E-state index in [0.29, 0.717) is 28.4 Å². The lowest BCUT2D eigenvalue weighted by Crippen LogP contribution is -2.12. The van der Waals surface area contributed by atoms with Crippen LogP contribution in [-0.4, -0.2) is 34.1 Å². The molecule has 184 valence electrons. The Morgan fingerprint density at radius 1 is 1.06 bits per heavy atom. The Bertz CT molecular complexity index is 1420. The Morgan fingerprint density at radius 3 is 2.58 bits per heavy atom. The van der Waals surface area contributed by atoms with E-state index in [4.69, 9.17) is 14.2 Å². The van der Waals surface area contributed by atoms with Crippen LogP contribution in [0.15, 0.2) is 66.7 Å². The molecule has 1 aliphatic rings. The van der Waals surface area contributed by atoms with E-state index in [2.05, 4.69) is 15.4 Å². The maximum atomic E-state index is 13.3. The van der Waals surface area contributed by atoms with Gasteiger partial charge in [0, 0.05) is 16.8 Å². The summed E-state index contributed by atoms with van der Waals surface area (Å²) in [6, 6.07) is 16.4. The molecule has 0 unspecified atom stereocenters. The number of ether oxygens (including phenoxy) is 3. The van der Waals surface area contributed by atoms with Gasteiger partial charge in [-0.3, -0.25) is 4.79 Å². The summed E-state index contributed by atoms with van der Waals surface area (Å²) < 4.78 is 57.1. The number of benzene rings is 3. The highest BCUT2D eigenvalue weighted by Gasteiger charge is 2.31. The first-order valence-electron chi connectivity index (χ1n) is 10.9. The van der Waals surface area contributed by atoms with Crippen LogP contribution in [0.2, 0.25) is 0 Å². The number of hydrogen-bond acceptors (Lipinski definition) is 6. The minimum absolute atomic E-state index is 0.0325. The number of nitrogens with zero attached hydrogens (tertiary/aromatic N) is 3. The third-order valence-electron chi connectivity index (χ3n) is 5.31. The molecular formula is C25H19F3N4O4. The van der Waals surface area contributed by atoms with Gasteiger partial charge < -0.3 is 19.5 Å². The van der Waals surface area contributed by atoms with E-state index in [1.807, 2.05) is 0 Å². The van der Waals surface area contributed by atoms with Gasteiger partial charge in [0.15, 0.2) is 17.3 Å². The van der Waals surface area contributed by atoms with Crippen LogP contribution < -0.4 is 19.5 Å². The topological polar surface area (TPSA) is 87.5 Å². The molecule has 1 aliphatic heterocycles. The Morgan fingerprint density at radius 2 is 1.83 bits per heavy atom. The molecule has 3 aromatic carbocycles. The lowest BCUT2D eigenvalue weighted by atomic mass is 10.1. The quantitative estimate of drug-likeness (QED) is 0.388. The fraction of sp³-hybridized carbons (Fsp3) is 0.160. The molecule has 0 atom stereocenters. The molecule has 4 aromatic rings. The number of anilines is 1. The summed E-state index contributed by atoms with van der Waals surface area (Å²) in [7, 11) is 0. The predicted molar refractivity (Wildman–Crippen MR) is 123 cm³/mol. The zero-order valence-electron chi connectivity index (χ0n) is 18.9. The minimum atomic E-state index is -4.50. The van der Waals surface area contributed by atoms with E-state index >= 15 is 0 Å². The van der Waals surface area contributed by atoms with Gasteiger partial charge in [-0.2, -0.15) is 18.2 Å². The smallest absolute Gasteiger partial charge is 0.416 e. The van der Waals surface area contributed by atoms with Crippen LogP contribution in [0.4, 0.5) is 18.9 Å². The highest BCUT2D eigenvalue weighted by Crippen LogP contribution is 2.34. The van der Waals surface area contributed by atoms with Crippen molar-refractivity contribution < 1.29 is 32.2 Å². The molecule has 11 heteroatoms. The summed E-state index contributed by atoms with van der Waals surface area (Å²) in [6.45, 7) is 2.15. The molecule has 0 bridgehead atoms. The number of hydrogen-bond donors (Lipinski definition) is 1. The van der Waals surface area contributed by atoms with Gasteiger partial charge in [0.25, 0.3) is 5.91 Å². The van der Waals surface area contributed by atoms with Crippen molar-refractivity contribution in [2.45, 2.75) is 13.1 Å². The van der Waals surface area contributed by atoms with Crippen molar-refractivity contribution in [1.29, 1.82) is 0 Å². The van der Waals surface area contributed by atoms with Crippen LogP contribution in [0.25, 0.3) is 17.1 Å². The second-order valence-corrected chi connectivity index (χ2v) is 7.71. The van der Waals surface area contributed by atoms with E-state index in [-0.39, 0.29) is 36.7 Å². The van der Waals surface area contributed by atoms with Crippen molar-refractivity contribution in [1.82, 2.24) is 14.8 Å². The second kappa shape index (κ2) is 9.25. The average molecular weight is 496 g/mol. The van der Waals surface area contributed by atoms with Crippen LogP contribution in [-0.2, 0) is 6.18 Å². The van der Waals surface area contributed by atoms with Crippen LogP contribution in [0.1, 0.15) is 22.8 Å². The molecule has 8 nitrogen and oxygen atoms in total. The molecule has 36 heavy (non-hydrogen) atoms. The third kappa shape index (κ3) is 4.67. The first-order valence-corrected chi connectivity index (χ1v) is 10.9. The van der Waals surface area contributed by atoms with Gasteiger partial charge in [-0.25, -0.2) is 4.68 Å². The van der Waals surface area contributed by atoms with E-state index in [1.165, 1.54) is 16.8 Å². The maximum Gasteiger partial charge on any atom is 0.416 e. The number of carbonyl (C=O) groups is 1. The normalized spacial score (nSPS) is 12.4. The van der Waals surface area contributed by atoms with Gasteiger partial charge >= 0.3 is 12.2 Å². The molecule has 1 amide bonds. The van der Waals surface area contributed by atoms with Crippen molar-refractivity contribution in [2.75, 3.05) is 18.7 Å². The number of aromatic nitrogens is 3. The van der Waals surface area contributed by atoms with E-state index in [0.717, 1.165) is 12.1 Å². The third-order valence-corrected chi connectivity index (χ3v) is 5.31. The van der Waals surface area contributed by atoms with Crippen molar-refractivity contribution in [2.24, 2.45) is 0 Å². The van der Waals surface area contributed by atoms with Crippen molar-refractivity contribution in [3.63, 3.8) is 0 Å². The number of fused-ring (bicyclic) bond motifs is 1. The average Bonchev–Trinajstić information content (AvgIpc) is 3.51. The molecule has 0 saturated carbocycles. The Labute approximate surface area is 203 Å². The van der Waals surface area contributed by atoms with Gasteiger partial charge in [0.05, 0.1) is 17.9 Å². The number of carbonyl (C=O) groups excluding carboxylic acids is 1. The SMILES string of the molecule is CCOc1nc(-c2cccc(C(F)(F)F)c2)n(-c2ccc(NC(=O)c3ccc4c(c3)OCO4)cc2)n1. The molecule has 1 N–H and O–H groups in total. The van der Waals surface area contributed by atoms with Crippen LogP contribution >= 0.6 is 0 Å². The summed E-state index contributed by atoms with van der Waals surface area (Å²) in [4.78, 5) is 16.9. The van der Waals surface area contributed by atoms with E-state index in [9.17, 15) is 18.0 Å². The first kappa shape index (κ1) is 23.2. The number of amides is 1. The first-order chi connectivity index (χ1) is 17.3. The Balaban J connectivity index is 1.41. The van der Waals surface area contributed by atoms with Gasteiger partial charge in [-0.05, 0) is 61.5 Å². The summed E-state index contributed by atoms with van der Waals surface area (Å²) in [6.07, 6.45) is -4.50. The summed E-state index contributed by atoms with van der Waals surface area (Å²) in [5.74, 6) is 0.912. The molecule has 0 fully saturated rings. The molecule has 0 spiro atoms. The number of halogens is 3. The molecule has 2 heterocycles. The Hall–Kier alpha value is -4.54. The van der Waals surface area contributed by atoms with Crippen LogP contribution in [0.5, 0.6) is 17.5 Å². The molecule has 0 radical (unpaired) electrons. The lowest BCUT2D eigenvalue weighted by Gasteiger charge is -2.10. The molecular weight excluding hydrogens is 477 g/mol. The minimum Gasteiger partial charge on any atom is -0.463 e. The van der Waals surface area contributed by atoms with E-state index in [1.54, 1.807) is 49.4 Å². The van der Waals surface area contributed by atoms with Crippen molar-refractivity contribution in [3.8, 4) is 34.6 Å². The van der Waals surface area contributed by atoms with Gasteiger partial charge in [0.2, 0.25) is 6.79 Å². The fourth-order valence-electron chi connectivity index (χ4n) is 3.61. The predicted octanol–water partition coefficient (Wildman–Crippen LogP) is 5.33. The highest BCUT2D eigenvalue weighted by molar-refractivity contribution is 6.04. The number of alkyl halides is 3. The molecule has 0 aliphatic carbocycles. The van der Waals surface area contributed by atoms with Crippen LogP contribution in [0, 0.1) is 0 Å². The number of rotatable bonds is 6.